The topological polar surface area (TPSA) is 15.3 Å². The molecule has 0 amide bonds. The molecular formula is C14H22Cl2N2. The molecule has 4 heteroatoms. The molecule has 1 rings (SSSR count). The molecule has 1 aromatic carbocycles. The van der Waals surface area contributed by atoms with E-state index in [1.807, 2.05) is 18.2 Å². The summed E-state index contributed by atoms with van der Waals surface area (Å²) < 4.78 is 0. The van der Waals surface area contributed by atoms with Crippen LogP contribution in [-0.4, -0.2) is 37.6 Å². The molecule has 2 nitrogen and oxygen atoms in total. The second-order valence-corrected chi connectivity index (χ2v) is 5.72. The Morgan fingerprint density at radius 3 is 2.50 bits per heavy atom. The molecule has 0 unspecified atom stereocenters. The minimum atomic E-state index is 0.550. The van der Waals surface area contributed by atoms with Crippen molar-refractivity contribution in [3.05, 3.63) is 33.8 Å². The third-order valence-corrected chi connectivity index (χ3v) is 3.55. The summed E-state index contributed by atoms with van der Waals surface area (Å²) >= 11 is 11.9. The summed E-state index contributed by atoms with van der Waals surface area (Å²) in [5, 5.41) is 4.67. The number of rotatable bonds is 7. The summed E-state index contributed by atoms with van der Waals surface area (Å²) in [6.07, 6.45) is 0.995. The van der Waals surface area contributed by atoms with Crippen LogP contribution in [0, 0.1) is 0 Å². The van der Waals surface area contributed by atoms with Gasteiger partial charge in [0.05, 0.1) is 10.0 Å². The number of hydrogen-bond acceptors (Lipinski definition) is 2. The molecule has 0 saturated heterocycles. The second kappa shape index (κ2) is 8.00. The molecule has 0 aromatic heterocycles. The summed E-state index contributed by atoms with van der Waals surface area (Å²) in [6, 6.07) is 6.39. The number of nitrogens with one attached hydrogen (secondary N) is 1. The Bertz CT molecular complexity index is 367. The average molecular weight is 289 g/mol. The smallest absolute Gasteiger partial charge is 0.0595 e. The highest BCUT2D eigenvalue weighted by molar-refractivity contribution is 6.42. The normalized spacial score (nSPS) is 11.5. The van der Waals surface area contributed by atoms with Crippen LogP contribution in [0.5, 0.6) is 0 Å². The number of halogens is 2. The highest BCUT2D eigenvalue weighted by atomic mass is 35.5. The van der Waals surface area contributed by atoms with E-state index in [9.17, 15) is 0 Å². The zero-order valence-electron chi connectivity index (χ0n) is 11.3. The number of hydrogen-bond donors (Lipinski definition) is 1. The Kier molecular flexibility index (Phi) is 7.02. The third-order valence-electron chi connectivity index (χ3n) is 2.81. The fraction of sp³-hybridized carbons (Fsp3) is 0.571. The van der Waals surface area contributed by atoms with Crippen molar-refractivity contribution in [1.29, 1.82) is 0 Å². The minimum Gasteiger partial charge on any atom is -0.313 e. The summed E-state index contributed by atoms with van der Waals surface area (Å²) in [7, 11) is 2.14. The maximum Gasteiger partial charge on any atom is 0.0595 e. The number of likely N-dealkylation sites (N-methyl/N-ethyl adjacent to an activating group) is 1. The van der Waals surface area contributed by atoms with Gasteiger partial charge in [-0.25, -0.2) is 0 Å². The van der Waals surface area contributed by atoms with Crippen molar-refractivity contribution >= 4 is 23.2 Å². The maximum absolute atomic E-state index is 5.99. The van der Waals surface area contributed by atoms with E-state index in [1.54, 1.807) is 0 Å². The largest absolute Gasteiger partial charge is 0.313 e. The molecule has 0 aliphatic carbocycles. The van der Waals surface area contributed by atoms with E-state index in [1.165, 1.54) is 5.56 Å². The van der Waals surface area contributed by atoms with Gasteiger partial charge in [0.1, 0.15) is 0 Å². The highest BCUT2D eigenvalue weighted by Gasteiger charge is 2.02. The van der Waals surface area contributed by atoms with E-state index in [0.717, 1.165) is 26.1 Å². The highest BCUT2D eigenvalue weighted by Crippen LogP contribution is 2.22. The maximum atomic E-state index is 5.99. The molecule has 0 aliphatic heterocycles. The van der Waals surface area contributed by atoms with Crippen molar-refractivity contribution in [2.24, 2.45) is 0 Å². The van der Waals surface area contributed by atoms with Crippen molar-refractivity contribution < 1.29 is 0 Å². The van der Waals surface area contributed by atoms with Crippen LogP contribution in [0.3, 0.4) is 0 Å². The van der Waals surface area contributed by atoms with Crippen LogP contribution in [-0.2, 0) is 6.42 Å². The third kappa shape index (κ3) is 6.05. The van der Waals surface area contributed by atoms with E-state index in [2.05, 4.69) is 31.1 Å². The zero-order chi connectivity index (χ0) is 13.5. The molecule has 0 fully saturated rings. The van der Waals surface area contributed by atoms with Crippen molar-refractivity contribution in [3.63, 3.8) is 0 Å². The minimum absolute atomic E-state index is 0.550. The summed E-state index contributed by atoms with van der Waals surface area (Å²) in [6.45, 7) is 7.43. The van der Waals surface area contributed by atoms with E-state index >= 15 is 0 Å². The molecule has 0 saturated carbocycles. The Balaban J connectivity index is 2.29. The lowest BCUT2D eigenvalue weighted by atomic mass is 10.1. The predicted molar refractivity (Wildman–Crippen MR) is 80.8 cm³/mol. The lowest BCUT2D eigenvalue weighted by Crippen LogP contribution is -2.33. The van der Waals surface area contributed by atoms with Gasteiger partial charge in [0.2, 0.25) is 0 Å². The monoisotopic (exact) mass is 288 g/mol. The lowest BCUT2D eigenvalue weighted by Gasteiger charge is -2.18. The van der Waals surface area contributed by atoms with Gasteiger partial charge in [-0.2, -0.15) is 0 Å². The van der Waals surface area contributed by atoms with E-state index in [0.29, 0.717) is 16.1 Å². The second-order valence-electron chi connectivity index (χ2n) is 4.91. The molecule has 1 N–H and O–H groups in total. The van der Waals surface area contributed by atoms with Crippen molar-refractivity contribution in [2.45, 2.75) is 26.3 Å². The quantitative estimate of drug-likeness (QED) is 0.827. The van der Waals surface area contributed by atoms with Crippen molar-refractivity contribution in [1.82, 2.24) is 10.2 Å². The van der Waals surface area contributed by atoms with Gasteiger partial charge >= 0.3 is 0 Å². The van der Waals surface area contributed by atoms with Gasteiger partial charge in [-0.1, -0.05) is 43.1 Å². The van der Waals surface area contributed by atoms with Crippen LogP contribution in [0.25, 0.3) is 0 Å². The van der Waals surface area contributed by atoms with Gasteiger partial charge in [0.15, 0.2) is 0 Å². The SMILES string of the molecule is CC(C)NCCN(C)CCc1ccc(Cl)c(Cl)c1. The average Bonchev–Trinajstić information content (AvgIpc) is 2.30. The molecule has 0 aliphatic rings. The Hall–Kier alpha value is -0.280. The Morgan fingerprint density at radius 2 is 1.89 bits per heavy atom. The van der Waals surface area contributed by atoms with Crippen LogP contribution in [0.1, 0.15) is 19.4 Å². The molecule has 0 spiro atoms. The summed E-state index contributed by atoms with van der Waals surface area (Å²) in [5.41, 5.74) is 1.23. The van der Waals surface area contributed by atoms with E-state index < -0.39 is 0 Å². The van der Waals surface area contributed by atoms with Gasteiger partial charge in [0, 0.05) is 25.7 Å². The van der Waals surface area contributed by atoms with Crippen LogP contribution in [0.4, 0.5) is 0 Å². The van der Waals surface area contributed by atoms with Crippen LogP contribution < -0.4 is 5.32 Å². The van der Waals surface area contributed by atoms with E-state index in [-0.39, 0.29) is 0 Å². The van der Waals surface area contributed by atoms with Crippen LogP contribution in [0.2, 0.25) is 10.0 Å². The Labute approximate surface area is 120 Å². The van der Waals surface area contributed by atoms with Gasteiger partial charge in [-0.3, -0.25) is 0 Å². The molecular weight excluding hydrogens is 267 g/mol. The molecule has 0 bridgehead atoms. The first-order valence-corrected chi connectivity index (χ1v) is 7.10. The van der Waals surface area contributed by atoms with Crippen LogP contribution >= 0.6 is 23.2 Å². The number of nitrogens with zero attached hydrogens (tertiary/aromatic N) is 1. The molecule has 0 radical (unpaired) electrons. The van der Waals surface area contributed by atoms with Gasteiger partial charge < -0.3 is 10.2 Å². The van der Waals surface area contributed by atoms with Gasteiger partial charge in [0.25, 0.3) is 0 Å². The Morgan fingerprint density at radius 1 is 1.17 bits per heavy atom. The van der Waals surface area contributed by atoms with Crippen molar-refractivity contribution in [3.8, 4) is 0 Å². The van der Waals surface area contributed by atoms with Gasteiger partial charge in [-0.05, 0) is 31.2 Å². The molecule has 1 aromatic rings. The fourth-order valence-corrected chi connectivity index (χ4v) is 1.99. The zero-order valence-corrected chi connectivity index (χ0v) is 12.9. The lowest BCUT2D eigenvalue weighted by molar-refractivity contribution is 0.331. The van der Waals surface area contributed by atoms with Crippen molar-refractivity contribution in [2.75, 3.05) is 26.7 Å². The fourth-order valence-electron chi connectivity index (χ4n) is 1.67. The molecule has 18 heavy (non-hydrogen) atoms. The standard InChI is InChI=1S/C14H22Cl2N2/c1-11(2)17-7-9-18(3)8-6-12-4-5-13(15)14(16)10-12/h4-5,10-11,17H,6-9H2,1-3H3. The first kappa shape index (κ1) is 15.8. The van der Waals surface area contributed by atoms with Crippen LogP contribution in [0.15, 0.2) is 18.2 Å². The van der Waals surface area contributed by atoms with E-state index in [4.69, 9.17) is 23.2 Å². The molecule has 0 heterocycles. The van der Waals surface area contributed by atoms with Gasteiger partial charge in [-0.15, -0.1) is 0 Å². The first-order chi connectivity index (χ1) is 8.49. The predicted octanol–water partition coefficient (Wildman–Crippen LogP) is 3.47. The molecule has 0 atom stereocenters. The summed E-state index contributed by atoms with van der Waals surface area (Å²) in [5.74, 6) is 0. The summed E-state index contributed by atoms with van der Waals surface area (Å²) in [4.78, 5) is 2.32. The first-order valence-electron chi connectivity index (χ1n) is 6.35. The molecule has 102 valence electrons. The number of benzene rings is 1.